The second kappa shape index (κ2) is 9.03. The first kappa shape index (κ1) is 20.1. The van der Waals surface area contributed by atoms with Crippen LogP contribution in [-0.4, -0.2) is 35.6 Å². The van der Waals surface area contributed by atoms with Crippen LogP contribution in [0.25, 0.3) is 12.2 Å². The van der Waals surface area contributed by atoms with Crippen LogP contribution in [0.5, 0.6) is 11.5 Å². The fraction of sp³-hybridized carbons (Fsp3) is 0.0952. The summed E-state index contributed by atoms with van der Waals surface area (Å²) in [5, 5.41) is 8.62. The summed E-state index contributed by atoms with van der Waals surface area (Å²) in [7, 11) is 1.55. The predicted molar refractivity (Wildman–Crippen MR) is 109 cm³/mol. The van der Waals surface area contributed by atoms with Crippen LogP contribution in [0.3, 0.4) is 0 Å². The number of ketones is 1. The number of carbonyl (C=O) groups excluding carboxylic acids is 1. The second-order valence-corrected chi connectivity index (χ2v) is 7.00. The normalized spacial score (nSPS) is 12.0. The number of hydrogen-bond donors (Lipinski definition) is 2. The van der Waals surface area contributed by atoms with Gasteiger partial charge in [0, 0.05) is 11.6 Å². The molecule has 7 nitrogen and oxygen atoms in total. The summed E-state index contributed by atoms with van der Waals surface area (Å²) >= 11 is 1.17. The number of aliphatic carboxylic acids is 1. The van der Waals surface area contributed by atoms with Gasteiger partial charge in [0.15, 0.2) is 12.4 Å². The van der Waals surface area contributed by atoms with Gasteiger partial charge in [-0.3, -0.25) is 9.59 Å². The van der Waals surface area contributed by atoms with Gasteiger partial charge >= 0.3 is 5.97 Å². The third-order valence-corrected chi connectivity index (χ3v) is 4.82. The molecule has 1 heterocycles. The molecule has 0 aliphatic heterocycles. The van der Waals surface area contributed by atoms with Crippen molar-refractivity contribution in [2.24, 2.45) is 0 Å². The molecule has 0 unspecified atom stereocenters. The number of nitrogens with one attached hydrogen (secondary N) is 1. The highest BCUT2D eigenvalue weighted by atomic mass is 32.1. The summed E-state index contributed by atoms with van der Waals surface area (Å²) < 4.78 is 11.0. The van der Waals surface area contributed by atoms with Gasteiger partial charge in [0.25, 0.3) is 5.56 Å². The number of rotatable bonds is 7. The van der Waals surface area contributed by atoms with Crippen molar-refractivity contribution >= 4 is 35.2 Å². The molecule has 0 bridgehead atoms. The molecule has 0 atom stereocenters. The Balaban J connectivity index is 1.81. The number of carboxylic acids is 1. The number of H-pyrrole nitrogens is 1. The Labute approximate surface area is 169 Å². The van der Waals surface area contributed by atoms with Gasteiger partial charge in [-0.1, -0.05) is 12.1 Å². The number of Topliss-reactive ketones (excluding diaryl/α,β-unsaturated/α-hetero) is 1. The number of carboxylic acid groups (broad SMARTS) is 1. The van der Waals surface area contributed by atoms with Crippen molar-refractivity contribution in [2.75, 3.05) is 13.7 Å². The standard InChI is InChI=1S/C21H17NO6S/c1-27-15-8-4-14(5-9-15)17(23)11-19-22-21(26)18(29-19)10-13-2-6-16(7-3-13)28-12-20(24)25/h2-11H,12H2,1H3,(H,22,26)(H,24,25)/b18-10-,19-11-. The van der Waals surface area contributed by atoms with Crippen LogP contribution < -0.4 is 24.2 Å². The van der Waals surface area contributed by atoms with Crippen molar-refractivity contribution in [1.82, 2.24) is 4.98 Å². The van der Waals surface area contributed by atoms with Crippen LogP contribution >= 0.6 is 11.3 Å². The molecule has 148 valence electrons. The summed E-state index contributed by atoms with van der Waals surface area (Å²) in [6, 6.07) is 13.4. The summed E-state index contributed by atoms with van der Waals surface area (Å²) in [5.41, 5.74) is 0.936. The molecule has 0 spiro atoms. The molecule has 1 aromatic heterocycles. The maximum absolute atomic E-state index is 12.4. The minimum Gasteiger partial charge on any atom is -0.497 e. The molecule has 0 fully saturated rings. The Hall–Kier alpha value is -3.65. The third kappa shape index (κ3) is 5.43. The molecular formula is C21H17NO6S. The summed E-state index contributed by atoms with van der Waals surface area (Å²) in [5.74, 6) is -0.207. The molecule has 29 heavy (non-hydrogen) atoms. The Bertz CT molecular complexity index is 1190. The number of methoxy groups -OCH3 is 1. The summed E-state index contributed by atoms with van der Waals surface area (Å²) in [4.78, 5) is 37.7. The first-order valence-corrected chi connectivity index (χ1v) is 9.32. The summed E-state index contributed by atoms with van der Waals surface area (Å²) in [6.07, 6.45) is 3.06. The fourth-order valence-corrected chi connectivity index (χ4v) is 3.32. The van der Waals surface area contributed by atoms with E-state index in [1.165, 1.54) is 17.4 Å². The monoisotopic (exact) mass is 411 g/mol. The molecule has 0 aliphatic rings. The molecule has 3 aromatic rings. The van der Waals surface area contributed by atoms with E-state index in [9.17, 15) is 14.4 Å². The number of hydrogen-bond acceptors (Lipinski definition) is 6. The predicted octanol–water partition coefficient (Wildman–Crippen LogP) is 1.40. The first-order valence-electron chi connectivity index (χ1n) is 8.50. The minimum absolute atomic E-state index is 0.225. The Kier molecular flexibility index (Phi) is 6.25. The molecule has 2 N–H and O–H groups in total. The molecule has 2 aromatic carbocycles. The molecule has 0 saturated heterocycles. The lowest BCUT2D eigenvalue weighted by molar-refractivity contribution is -0.139. The Morgan fingerprint density at radius 1 is 1.07 bits per heavy atom. The van der Waals surface area contributed by atoms with E-state index >= 15 is 0 Å². The minimum atomic E-state index is -1.06. The van der Waals surface area contributed by atoms with E-state index in [2.05, 4.69) is 4.98 Å². The Morgan fingerprint density at radius 2 is 1.72 bits per heavy atom. The van der Waals surface area contributed by atoms with E-state index in [0.29, 0.717) is 26.3 Å². The smallest absolute Gasteiger partial charge is 0.341 e. The van der Waals surface area contributed by atoms with E-state index in [-0.39, 0.29) is 11.3 Å². The number of ether oxygens (including phenoxy) is 2. The quantitative estimate of drug-likeness (QED) is 0.570. The second-order valence-electron chi connectivity index (χ2n) is 5.92. The lowest BCUT2D eigenvalue weighted by Crippen LogP contribution is -2.20. The van der Waals surface area contributed by atoms with Gasteiger partial charge in [-0.25, -0.2) is 4.79 Å². The maximum atomic E-state index is 12.4. The van der Waals surface area contributed by atoms with Crippen molar-refractivity contribution in [2.45, 2.75) is 0 Å². The van der Waals surface area contributed by atoms with E-state index in [1.54, 1.807) is 61.7 Å². The third-order valence-electron chi connectivity index (χ3n) is 3.86. The number of thiazole rings is 1. The SMILES string of the molecule is COc1ccc(C(=O)/C=c2/[nH]c(=O)/c(=C/c3ccc(OCC(=O)O)cc3)s2)cc1. The van der Waals surface area contributed by atoms with Crippen LogP contribution in [-0.2, 0) is 4.79 Å². The average Bonchev–Trinajstić information content (AvgIpc) is 3.06. The highest BCUT2D eigenvalue weighted by molar-refractivity contribution is 7.07. The molecule has 8 heteroatoms. The zero-order valence-corrected chi connectivity index (χ0v) is 16.2. The number of carbonyl (C=O) groups is 2. The highest BCUT2D eigenvalue weighted by Gasteiger charge is 2.04. The van der Waals surface area contributed by atoms with E-state index in [4.69, 9.17) is 14.6 Å². The van der Waals surface area contributed by atoms with Gasteiger partial charge in [-0.05, 0) is 48.0 Å². The zero-order valence-electron chi connectivity index (χ0n) is 15.4. The van der Waals surface area contributed by atoms with Gasteiger partial charge in [0.1, 0.15) is 11.5 Å². The highest BCUT2D eigenvalue weighted by Crippen LogP contribution is 2.13. The van der Waals surface area contributed by atoms with E-state index < -0.39 is 12.6 Å². The van der Waals surface area contributed by atoms with Gasteiger partial charge in [-0.2, -0.15) is 0 Å². The number of aromatic nitrogens is 1. The maximum Gasteiger partial charge on any atom is 0.341 e. The molecular weight excluding hydrogens is 394 g/mol. The van der Waals surface area contributed by atoms with Crippen molar-refractivity contribution in [3.05, 3.63) is 79.2 Å². The Morgan fingerprint density at radius 3 is 2.34 bits per heavy atom. The van der Waals surface area contributed by atoms with E-state index in [1.807, 2.05) is 0 Å². The molecule has 3 rings (SSSR count). The van der Waals surface area contributed by atoms with Gasteiger partial charge < -0.3 is 19.6 Å². The van der Waals surface area contributed by atoms with Gasteiger partial charge in [0.05, 0.1) is 16.3 Å². The van der Waals surface area contributed by atoms with Gasteiger partial charge in [0.2, 0.25) is 0 Å². The van der Waals surface area contributed by atoms with Gasteiger partial charge in [-0.15, -0.1) is 11.3 Å². The topological polar surface area (TPSA) is 106 Å². The largest absolute Gasteiger partial charge is 0.497 e. The average molecular weight is 411 g/mol. The molecule has 0 aliphatic carbocycles. The van der Waals surface area contributed by atoms with E-state index in [0.717, 1.165) is 5.56 Å². The van der Waals surface area contributed by atoms with Crippen LogP contribution in [0.4, 0.5) is 0 Å². The van der Waals surface area contributed by atoms with Crippen molar-refractivity contribution in [1.29, 1.82) is 0 Å². The molecule has 0 radical (unpaired) electrons. The number of aromatic amines is 1. The lowest BCUT2D eigenvalue weighted by atomic mass is 10.1. The lowest BCUT2D eigenvalue weighted by Gasteiger charge is -2.02. The van der Waals surface area contributed by atoms with Crippen molar-refractivity contribution in [3.63, 3.8) is 0 Å². The fourth-order valence-electron chi connectivity index (χ4n) is 2.44. The molecule has 0 saturated carbocycles. The zero-order chi connectivity index (χ0) is 20.8. The number of benzene rings is 2. The molecule has 0 amide bonds. The van der Waals surface area contributed by atoms with Crippen LogP contribution in [0.15, 0.2) is 53.3 Å². The van der Waals surface area contributed by atoms with Crippen LogP contribution in [0, 0.1) is 0 Å². The van der Waals surface area contributed by atoms with Crippen LogP contribution in [0.1, 0.15) is 15.9 Å². The van der Waals surface area contributed by atoms with Crippen molar-refractivity contribution in [3.8, 4) is 11.5 Å². The summed E-state index contributed by atoms with van der Waals surface area (Å²) in [6.45, 7) is -0.422. The van der Waals surface area contributed by atoms with Crippen LogP contribution in [0.2, 0.25) is 0 Å². The van der Waals surface area contributed by atoms with Crippen molar-refractivity contribution < 1.29 is 24.2 Å². The first-order chi connectivity index (χ1) is 13.9.